The summed E-state index contributed by atoms with van der Waals surface area (Å²) in [4.78, 5) is 4.86. The zero-order chi connectivity index (χ0) is 19.3. The fraction of sp³-hybridized carbons (Fsp3) is 0.208. The van der Waals surface area contributed by atoms with E-state index in [9.17, 15) is 0 Å². The highest BCUT2D eigenvalue weighted by Crippen LogP contribution is 2.28. The van der Waals surface area contributed by atoms with Gasteiger partial charge in [0.25, 0.3) is 0 Å². The number of nitrogens with one attached hydrogen (secondary N) is 1. The summed E-state index contributed by atoms with van der Waals surface area (Å²) in [6.07, 6.45) is 2.68. The van der Waals surface area contributed by atoms with Gasteiger partial charge in [0, 0.05) is 18.0 Å². The molecule has 4 nitrogen and oxygen atoms in total. The van der Waals surface area contributed by atoms with Crippen molar-refractivity contribution in [2.75, 3.05) is 13.7 Å². The molecule has 2 heterocycles. The van der Waals surface area contributed by atoms with Gasteiger partial charge in [0.2, 0.25) is 0 Å². The normalized spacial score (nSPS) is 11.1. The fourth-order valence-corrected chi connectivity index (χ4v) is 3.29. The van der Waals surface area contributed by atoms with Gasteiger partial charge >= 0.3 is 0 Å². The lowest BCUT2D eigenvalue weighted by atomic mass is 10.1. The van der Waals surface area contributed by atoms with Gasteiger partial charge in [0.1, 0.15) is 11.4 Å². The van der Waals surface area contributed by atoms with Crippen molar-refractivity contribution in [2.24, 2.45) is 0 Å². The highest BCUT2D eigenvalue weighted by Gasteiger charge is 2.12. The summed E-state index contributed by atoms with van der Waals surface area (Å²) in [5.74, 6) is 1.58. The minimum absolute atomic E-state index is 0.733. The Kier molecular flexibility index (Phi) is 5.40. The van der Waals surface area contributed by atoms with E-state index in [1.165, 1.54) is 11.1 Å². The Labute approximate surface area is 165 Å². The molecule has 0 radical (unpaired) electrons. The summed E-state index contributed by atoms with van der Waals surface area (Å²) < 4.78 is 11.0. The van der Waals surface area contributed by atoms with Crippen molar-refractivity contribution in [1.29, 1.82) is 0 Å². The molecule has 0 spiro atoms. The summed E-state index contributed by atoms with van der Waals surface area (Å²) in [6.45, 7) is 3.75. The van der Waals surface area contributed by atoms with E-state index in [0.29, 0.717) is 0 Å². The lowest BCUT2D eigenvalue weighted by Gasteiger charge is -2.11. The maximum absolute atomic E-state index is 5.63. The Hall–Kier alpha value is -3.11. The predicted molar refractivity (Wildman–Crippen MR) is 113 cm³/mol. The third-order valence-electron chi connectivity index (χ3n) is 4.88. The van der Waals surface area contributed by atoms with Crippen molar-refractivity contribution >= 4 is 10.9 Å². The average molecular weight is 372 g/mol. The summed E-state index contributed by atoms with van der Waals surface area (Å²) in [7, 11) is 1.67. The highest BCUT2D eigenvalue weighted by molar-refractivity contribution is 5.83. The van der Waals surface area contributed by atoms with Crippen LogP contribution >= 0.6 is 0 Å². The number of methoxy groups -OCH3 is 1. The Morgan fingerprint density at radius 2 is 1.89 bits per heavy atom. The Morgan fingerprint density at radius 1 is 1.04 bits per heavy atom. The van der Waals surface area contributed by atoms with E-state index in [1.807, 2.05) is 30.3 Å². The average Bonchev–Trinajstić information content (AvgIpc) is 3.26. The monoisotopic (exact) mass is 372 g/mol. The van der Waals surface area contributed by atoms with Gasteiger partial charge in [-0.05, 0) is 61.3 Å². The molecule has 0 bridgehead atoms. The van der Waals surface area contributed by atoms with Gasteiger partial charge < -0.3 is 14.5 Å². The first-order valence-corrected chi connectivity index (χ1v) is 9.51. The Bertz CT molecular complexity index is 1050. The van der Waals surface area contributed by atoms with Crippen molar-refractivity contribution in [3.63, 3.8) is 0 Å². The van der Waals surface area contributed by atoms with Gasteiger partial charge in [0.05, 0.1) is 18.9 Å². The van der Waals surface area contributed by atoms with Crippen LogP contribution in [0.25, 0.3) is 22.4 Å². The minimum atomic E-state index is 0.733. The van der Waals surface area contributed by atoms with Crippen molar-refractivity contribution < 1.29 is 9.15 Å². The summed E-state index contributed by atoms with van der Waals surface area (Å²) in [5, 5.41) is 4.64. The van der Waals surface area contributed by atoms with Crippen LogP contribution in [0.3, 0.4) is 0 Å². The zero-order valence-corrected chi connectivity index (χ0v) is 16.2. The van der Waals surface area contributed by atoms with Crippen molar-refractivity contribution in [3.05, 3.63) is 83.6 Å². The molecule has 0 saturated carbocycles. The Morgan fingerprint density at radius 3 is 2.64 bits per heavy atom. The van der Waals surface area contributed by atoms with E-state index in [4.69, 9.17) is 14.1 Å². The molecular formula is C24H24N2O2. The molecule has 0 aliphatic carbocycles. The van der Waals surface area contributed by atoms with Gasteiger partial charge in [-0.2, -0.15) is 0 Å². The molecule has 28 heavy (non-hydrogen) atoms. The third kappa shape index (κ3) is 4.07. The summed E-state index contributed by atoms with van der Waals surface area (Å²) in [5.41, 5.74) is 5.52. The van der Waals surface area contributed by atoms with E-state index >= 15 is 0 Å². The molecule has 4 heteroatoms. The minimum Gasteiger partial charge on any atom is -0.497 e. The van der Waals surface area contributed by atoms with Crippen LogP contribution in [0.4, 0.5) is 0 Å². The van der Waals surface area contributed by atoms with Crippen LogP contribution in [0.2, 0.25) is 0 Å². The molecule has 4 aromatic rings. The van der Waals surface area contributed by atoms with E-state index in [0.717, 1.165) is 53.2 Å². The molecule has 2 aromatic carbocycles. The number of aromatic nitrogens is 1. The van der Waals surface area contributed by atoms with Gasteiger partial charge in [-0.1, -0.05) is 29.8 Å². The molecule has 0 aliphatic rings. The van der Waals surface area contributed by atoms with Gasteiger partial charge in [0.15, 0.2) is 5.76 Å². The number of furan rings is 1. The van der Waals surface area contributed by atoms with Crippen LogP contribution in [0.1, 0.15) is 16.7 Å². The first kappa shape index (κ1) is 18.3. The topological polar surface area (TPSA) is 47.3 Å². The molecule has 0 fully saturated rings. The van der Waals surface area contributed by atoms with Crippen LogP contribution in [0, 0.1) is 6.92 Å². The molecule has 0 amide bonds. The van der Waals surface area contributed by atoms with Crippen LogP contribution in [0.5, 0.6) is 5.75 Å². The number of aryl methyl sites for hydroxylation is 1. The molecule has 0 saturated heterocycles. The van der Waals surface area contributed by atoms with Crippen molar-refractivity contribution in [1.82, 2.24) is 10.3 Å². The smallest absolute Gasteiger partial charge is 0.152 e. The van der Waals surface area contributed by atoms with Crippen LogP contribution in [-0.2, 0) is 13.0 Å². The van der Waals surface area contributed by atoms with Crippen LogP contribution in [-0.4, -0.2) is 18.6 Å². The first-order chi connectivity index (χ1) is 13.7. The number of nitrogens with zero attached hydrogens (tertiary/aromatic N) is 1. The second-order valence-corrected chi connectivity index (χ2v) is 6.94. The standard InChI is InChI=1S/C24H24N2O2/c1-17-5-7-18(8-6-17)11-12-25-16-20-14-19-9-10-21(27-2)15-22(19)26-24(20)23-4-3-13-28-23/h3-10,13-15,25H,11-12,16H2,1-2H3. The molecule has 4 rings (SSSR count). The summed E-state index contributed by atoms with van der Waals surface area (Å²) in [6, 6.07) is 20.7. The quantitative estimate of drug-likeness (QED) is 0.456. The zero-order valence-electron chi connectivity index (χ0n) is 16.2. The van der Waals surface area contributed by atoms with Crippen molar-refractivity contribution in [2.45, 2.75) is 19.9 Å². The van der Waals surface area contributed by atoms with E-state index in [1.54, 1.807) is 13.4 Å². The number of benzene rings is 2. The molecule has 0 aliphatic heterocycles. The third-order valence-corrected chi connectivity index (χ3v) is 4.88. The van der Waals surface area contributed by atoms with Gasteiger partial charge in [-0.15, -0.1) is 0 Å². The number of pyridine rings is 1. The van der Waals surface area contributed by atoms with Gasteiger partial charge in [-0.25, -0.2) is 4.98 Å². The van der Waals surface area contributed by atoms with Crippen molar-refractivity contribution in [3.8, 4) is 17.2 Å². The van der Waals surface area contributed by atoms with E-state index < -0.39 is 0 Å². The lowest BCUT2D eigenvalue weighted by molar-refractivity contribution is 0.415. The number of fused-ring (bicyclic) bond motifs is 1. The van der Waals surface area contributed by atoms with E-state index in [2.05, 4.69) is 42.6 Å². The second-order valence-electron chi connectivity index (χ2n) is 6.94. The molecule has 1 N–H and O–H groups in total. The second kappa shape index (κ2) is 8.28. The number of ether oxygens (including phenoxy) is 1. The first-order valence-electron chi connectivity index (χ1n) is 9.51. The van der Waals surface area contributed by atoms with E-state index in [-0.39, 0.29) is 0 Å². The maximum atomic E-state index is 5.63. The molecule has 142 valence electrons. The van der Waals surface area contributed by atoms with Crippen LogP contribution < -0.4 is 10.1 Å². The maximum Gasteiger partial charge on any atom is 0.152 e. The SMILES string of the molecule is COc1ccc2cc(CNCCc3ccc(C)cc3)c(-c3ccco3)nc2c1. The highest BCUT2D eigenvalue weighted by atomic mass is 16.5. The molecular weight excluding hydrogens is 348 g/mol. The lowest BCUT2D eigenvalue weighted by Crippen LogP contribution is -2.17. The molecule has 2 aromatic heterocycles. The number of hydrogen-bond donors (Lipinski definition) is 1. The Balaban J connectivity index is 1.54. The number of hydrogen-bond acceptors (Lipinski definition) is 4. The fourth-order valence-electron chi connectivity index (χ4n) is 3.29. The predicted octanol–water partition coefficient (Wildman–Crippen LogP) is 5.14. The molecule has 0 unspecified atom stereocenters. The summed E-state index contributed by atoms with van der Waals surface area (Å²) >= 11 is 0. The van der Waals surface area contributed by atoms with Crippen LogP contribution in [0.15, 0.2) is 71.3 Å². The largest absolute Gasteiger partial charge is 0.497 e. The molecule has 0 atom stereocenters. The number of rotatable bonds is 7. The van der Waals surface area contributed by atoms with Gasteiger partial charge in [-0.3, -0.25) is 0 Å².